The highest BCUT2D eigenvalue weighted by Gasteiger charge is 2.30. The average Bonchev–Trinajstić information content (AvgIpc) is 2.69. The molecule has 6 heteroatoms. The first-order chi connectivity index (χ1) is 7.97. The molecule has 0 amide bonds. The average molecular weight is 241 g/mol. The molecule has 0 aromatic carbocycles. The lowest BCUT2D eigenvalue weighted by molar-refractivity contribution is -0.159. The van der Waals surface area contributed by atoms with E-state index in [-0.39, 0.29) is 6.54 Å². The van der Waals surface area contributed by atoms with Crippen LogP contribution in [0.5, 0.6) is 0 Å². The van der Waals surface area contributed by atoms with Crippen LogP contribution in [0.15, 0.2) is 12.3 Å². The van der Waals surface area contributed by atoms with Crippen molar-refractivity contribution in [1.29, 1.82) is 0 Å². The van der Waals surface area contributed by atoms with Gasteiger partial charge in [0.15, 0.2) is 5.60 Å². The molecular formula is C11H19N3O3. The van der Waals surface area contributed by atoms with E-state index in [1.165, 1.54) is 14.0 Å². The summed E-state index contributed by atoms with van der Waals surface area (Å²) in [6.07, 6.45) is 2.52. The van der Waals surface area contributed by atoms with Crippen LogP contribution in [-0.4, -0.2) is 46.7 Å². The Bertz CT molecular complexity index is 374. The quantitative estimate of drug-likeness (QED) is 0.517. The van der Waals surface area contributed by atoms with Gasteiger partial charge in [0.05, 0.1) is 7.11 Å². The highest BCUT2D eigenvalue weighted by atomic mass is 16.5. The number of hydrogen-bond donors (Lipinski definition) is 2. The summed E-state index contributed by atoms with van der Waals surface area (Å²) in [6.45, 7) is 2.25. The van der Waals surface area contributed by atoms with E-state index in [0.717, 1.165) is 12.1 Å². The third-order valence-electron chi connectivity index (χ3n) is 2.57. The summed E-state index contributed by atoms with van der Waals surface area (Å²) in [7, 11) is 3.13. The number of carbonyl (C=O) groups is 1. The van der Waals surface area contributed by atoms with Crippen LogP contribution < -0.4 is 5.32 Å². The standard InChI is InChI=1S/C11H19N3O3/c1-11(16,10(15)17-3)8-12-6-4-9-5-7-13-14(9)2/h5,7,12,16H,4,6,8H2,1-3H3. The molecule has 0 aliphatic carbocycles. The Morgan fingerprint density at radius 1 is 1.71 bits per heavy atom. The van der Waals surface area contributed by atoms with E-state index in [4.69, 9.17) is 0 Å². The van der Waals surface area contributed by atoms with Crippen LogP contribution in [0.2, 0.25) is 0 Å². The molecule has 96 valence electrons. The molecule has 17 heavy (non-hydrogen) atoms. The normalized spacial score (nSPS) is 14.4. The number of methoxy groups -OCH3 is 1. The summed E-state index contributed by atoms with van der Waals surface area (Å²) in [4.78, 5) is 11.2. The highest BCUT2D eigenvalue weighted by Crippen LogP contribution is 2.03. The van der Waals surface area contributed by atoms with Crippen molar-refractivity contribution in [2.75, 3.05) is 20.2 Å². The summed E-state index contributed by atoms with van der Waals surface area (Å²) in [5, 5.41) is 16.8. The molecule has 0 saturated heterocycles. The Morgan fingerprint density at radius 2 is 2.41 bits per heavy atom. The lowest BCUT2D eigenvalue weighted by atomic mass is 10.1. The Kier molecular flexibility index (Phi) is 4.65. The molecule has 1 unspecified atom stereocenters. The van der Waals surface area contributed by atoms with E-state index in [9.17, 15) is 9.90 Å². The second-order valence-corrected chi connectivity index (χ2v) is 4.14. The van der Waals surface area contributed by atoms with Crippen molar-refractivity contribution in [3.05, 3.63) is 18.0 Å². The molecule has 0 aliphatic rings. The zero-order valence-corrected chi connectivity index (χ0v) is 10.4. The van der Waals surface area contributed by atoms with Gasteiger partial charge in [-0.25, -0.2) is 4.79 Å². The summed E-state index contributed by atoms with van der Waals surface area (Å²) >= 11 is 0. The Hall–Kier alpha value is -1.40. The van der Waals surface area contributed by atoms with Gasteiger partial charge in [-0.2, -0.15) is 5.10 Å². The van der Waals surface area contributed by atoms with E-state index in [0.29, 0.717) is 6.54 Å². The van der Waals surface area contributed by atoms with E-state index in [1.54, 1.807) is 10.9 Å². The van der Waals surface area contributed by atoms with Crippen LogP contribution in [0.25, 0.3) is 0 Å². The van der Waals surface area contributed by atoms with Gasteiger partial charge in [0.1, 0.15) is 0 Å². The number of carbonyl (C=O) groups excluding carboxylic acids is 1. The fourth-order valence-corrected chi connectivity index (χ4v) is 1.49. The summed E-state index contributed by atoms with van der Waals surface area (Å²) in [6, 6.07) is 1.93. The second-order valence-electron chi connectivity index (χ2n) is 4.14. The zero-order valence-electron chi connectivity index (χ0n) is 10.4. The molecule has 1 rings (SSSR count). The molecule has 2 N–H and O–H groups in total. The number of esters is 1. The van der Waals surface area contributed by atoms with Crippen LogP contribution in [0.1, 0.15) is 12.6 Å². The van der Waals surface area contributed by atoms with Crippen LogP contribution >= 0.6 is 0 Å². The molecule has 0 spiro atoms. The number of nitrogens with zero attached hydrogens (tertiary/aromatic N) is 2. The molecule has 0 bridgehead atoms. The monoisotopic (exact) mass is 241 g/mol. The summed E-state index contributed by atoms with van der Waals surface area (Å²) < 4.78 is 6.29. The Morgan fingerprint density at radius 3 is 2.94 bits per heavy atom. The number of aliphatic hydroxyl groups is 1. The van der Waals surface area contributed by atoms with Crippen molar-refractivity contribution in [2.24, 2.45) is 7.05 Å². The van der Waals surface area contributed by atoms with Gasteiger partial charge in [-0.05, 0) is 13.0 Å². The van der Waals surface area contributed by atoms with Gasteiger partial charge in [-0.3, -0.25) is 4.68 Å². The van der Waals surface area contributed by atoms with E-state index in [1.807, 2.05) is 13.1 Å². The summed E-state index contributed by atoms with van der Waals surface area (Å²) in [5.74, 6) is -0.634. The summed E-state index contributed by atoms with van der Waals surface area (Å²) in [5.41, 5.74) is -0.392. The third-order valence-corrected chi connectivity index (χ3v) is 2.57. The van der Waals surface area contributed by atoms with Crippen molar-refractivity contribution in [3.8, 4) is 0 Å². The minimum atomic E-state index is -1.48. The fourth-order valence-electron chi connectivity index (χ4n) is 1.49. The smallest absolute Gasteiger partial charge is 0.338 e. The van der Waals surface area contributed by atoms with Crippen molar-refractivity contribution in [1.82, 2.24) is 15.1 Å². The van der Waals surface area contributed by atoms with Crippen molar-refractivity contribution < 1.29 is 14.6 Å². The highest BCUT2D eigenvalue weighted by molar-refractivity contribution is 5.78. The van der Waals surface area contributed by atoms with Gasteiger partial charge < -0.3 is 15.2 Å². The lowest BCUT2D eigenvalue weighted by Gasteiger charge is -2.20. The fraction of sp³-hybridized carbons (Fsp3) is 0.636. The SMILES string of the molecule is COC(=O)C(C)(O)CNCCc1ccnn1C. The molecule has 0 fully saturated rings. The molecule has 0 saturated carbocycles. The first kappa shape index (κ1) is 13.7. The van der Waals surface area contributed by atoms with E-state index < -0.39 is 11.6 Å². The van der Waals surface area contributed by atoms with Crippen LogP contribution in [0.3, 0.4) is 0 Å². The molecule has 0 aliphatic heterocycles. The Balaban J connectivity index is 2.29. The number of aryl methyl sites for hydroxylation is 1. The minimum absolute atomic E-state index is 0.164. The van der Waals surface area contributed by atoms with Crippen molar-refractivity contribution in [2.45, 2.75) is 18.9 Å². The maximum atomic E-state index is 11.2. The van der Waals surface area contributed by atoms with E-state index >= 15 is 0 Å². The van der Waals surface area contributed by atoms with Crippen LogP contribution in [-0.2, 0) is 23.0 Å². The van der Waals surface area contributed by atoms with Crippen LogP contribution in [0, 0.1) is 0 Å². The first-order valence-corrected chi connectivity index (χ1v) is 5.46. The maximum Gasteiger partial charge on any atom is 0.338 e. The van der Waals surface area contributed by atoms with Gasteiger partial charge >= 0.3 is 5.97 Å². The molecule has 1 aromatic heterocycles. The third kappa shape index (κ3) is 3.83. The van der Waals surface area contributed by atoms with E-state index in [2.05, 4.69) is 15.2 Å². The van der Waals surface area contributed by atoms with Crippen molar-refractivity contribution in [3.63, 3.8) is 0 Å². The second kappa shape index (κ2) is 5.79. The molecular weight excluding hydrogens is 222 g/mol. The first-order valence-electron chi connectivity index (χ1n) is 5.46. The molecule has 1 aromatic rings. The van der Waals surface area contributed by atoms with Crippen molar-refractivity contribution >= 4 is 5.97 Å². The van der Waals surface area contributed by atoms with Gasteiger partial charge in [0.2, 0.25) is 0 Å². The van der Waals surface area contributed by atoms with Gasteiger partial charge in [0.25, 0.3) is 0 Å². The minimum Gasteiger partial charge on any atom is -0.467 e. The largest absolute Gasteiger partial charge is 0.467 e. The molecule has 0 radical (unpaired) electrons. The molecule has 6 nitrogen and oxygen atoms in total. The number of hydrogen-bond acceptors (Lipinski definition) is 5. The molecule has 1 atom stereocenters. The number of ether oxygens (including phenoxy) is 1. The van der Waals surface area contributed by atoms with Gasteiger partial charge in [0, 0.05) is 38.4 Å². The van der Waals surface area contributed by atoms with Gasteiger partial charge in [-0.1, -0.05) is 0 Å². The number of nitrogens with one attached hydrogen (secondary N) is 1. The predicted molar refractivity (Wildman–Crippen MR) is 62.4 cm³/mol. The Labute approximate surface area is 101 Å². The number of rotatable bonds is 6. The molecule has 1 heterocycles. The topological polar surface area (TPSA) is 76.4 Å². The number of aromatic nitrogens is 2. The predicted octanol–water partition coefficient (Wildman–Crippen LogP) is -0.524. The lowest BCUT2D eigenvalue weighted by Crippen LogP contribution is -2.46. The van der Waals surface area contributed by atoms with Gasteiger partial charge in [-0.15, -0.1) is 0 Å². The maximum absolute atomic E-state index is 11.2. The zero-order chi connectivity index (χ0) is 12.9. The van der Waals surface area contributed by atoms with Crippen LogP contribution in [0.4, 0.5) is 0 Å².